The van der Waals surface area contributed by atoms with E-state index in [0.29, 0.717) is 13.0 Å². The molecule has 0 saturated carbocycles. The predicted molar refractivity (Wildman–Crippen MR) is 74.0 cm³/mol. The lowest BCUT2D eigenvalue weighted by molar-refractivity contribution is 0.276. The number of rotatable bonds is 5. The summed E-state index contributed by atoms with van der Waals surface area (Å²) >= 11 is 0. The minimum absolute atomic E-state index is 0.155. The molecule has 0 bridgehead atoms. The van der Waals surface area contributed by atoms with Crippen molar-refractivity contribution in [3.05, 3.63) is 42.0 Å². The molecule has 2 aromatic carbocycles. The van der Waals surface area contributed by atoms with E-state index in [-0.39, 0.29) is 12.5 Å². The zero-order valence-electron chi connectivity index (χ0n) is 10.6. The number of aliphatic hydroxyl groups is 1. The molecule has 0 radical (unpaired) electrons. The van der Waals surface area contributed by atoms with Crippen LogP contribution in [-0.4, -0.2) is 25.4 Å². The number of hydrogen-bond acceptors (Lipinski definition) is 3. The first-order valence-corrected chi connectivity index (χ1v) is 6.17. The summed E-state index contributed by atoms with van der Waals surface area (Å²) in [6.45, 7) is 0.694. The van der Waals surface area contributed by atoms with E-state index in [4.69, 9.17) is 15.6 Å². The third kappa shape index (κ3) is 2.47. The monoisotopic (exact) mass is 245 g/mol. The van der Waals surface area contributed by atoms with Crippen molar-refractivity contribution in [1.29, 1.82) is 0 Å². The number of methoxy groups -OCH3 is 1. The van der Waals surface area contributed by atoms with Gasteiger partial charge in [-0.05, 0) is 47.4 Å². The van der Waals surface area contributed by atoms with Gasteiger partial charge in [-0.15, -0.1) is 0 Å². The van der Waals surface area contributed by atoms with E-state index >= 15 is 0 Å². The van der Waals surface area contributed by atoms with Crippen LogP contribution in [0, 0.1) is 0 Å². The molecule has 0 spiro atoms. The van der Waals surface area contributed by atoms with Gasteiger partial charge in [0.25, 0.3) is 0 Å². The number of benzene rings is 2. The molecule has 1 unspecified atom stereocenters. The van der Waals surface area contributed by atoms with Gasteiger partial charge < -0.3 is 15.6 Å². The Hall–Kier alpha value is -1.58. The summed E-state index contributed by atoms with van der Waals surface area (Å²) < 4.78 is 5.27. The van der Waals surface area contributed by atoms with Gasteiger partial charge >= 0.3 is 0 Å². The summed E-state index contributed by atoms with van der Waals surface area (Å²) in [7, 11) is 1.66. The van der Waals surface area contributed by atoms with Crippen LogP contribution < -0.4 is 10.5 Å². The van der Waals surface area contributed by atoms with Crippen LogP contribution in [0.5, 0.6) is 5.75 Å². The van der Waals surface area contributed by atoms with Gasteiger partial charge in [-0.1, -0.05) is 24.3 Å². The van der Waals surface area contributed by atoms with Gasteiger partial charge in [0.05, 0.1) is 7.11 Å². The molecule has 0 aromatic heterocycles. The van der Waals surface area contributed by atoms with Gasteiger partial charge in [0.15, 0.2) is 0 Å². The molecule has 3 nitrogen and oxygen atoms in total. The first kappa shape index (κ1) is 12.9. The van der Waals surface area contributed by atoms with E-state index in [9.17, 15) is 0 Å². The SMILES string of the molecule is COc1ccc2cccc(C(CN)CCO)c2c1. The first-order chi connectivity index (χ1) is 8.80. The van der Waals surface area contributed by atoms with E-state index < -0.39 is 0 Å². The fraction of sp³-hybridized carbons (Fsp3) is 0.333. The molecule has 18 heavy (non-hydrogen) atoms. The molecule has 0 aliphatic carbocycles. The summed E-state index contributed by atoms with van der Waals surface area (Å²) in [4.78, 5) is 0. The maximum Gasteiger partial charge on any atom is 0.119 e. The van der Waals surface area contributed by atoms with Gasteiger partial charge in [0.2, 0.25) is 0 Å². The van der Waals surface area contributed by atoms with Crippen molar-refractivity contribution in [2.45, 2.75) is 12.3 Å². The number of fused-ring (bicyclic) bond motifs is 1. The Labute approximate surface area is 107 Å². The number of aliphatic hydroxyl groups excluding tert-OH is 1. The highest BCUT2D eigenvalue weighted by Gasteiger charge is 2.12. The molecule has 96 valence electrons. The highest BCUT2D eigenvalue weighted by atomic mass is 16.5. The Kier molecular flexibility index (Phi) is 4.18. The third-order valence-electron chi connectivity index (χ3n) is 3.32. The molecule has 0 aliphatic heterocycles. The van der Waals surface area contributed by atoms with Crippen molar-refractivity contribution in [1.82, 2.24) is 0 Å². The van der Waals surface area contributed by atoms with Crippen LogP contribution in [0.4, 0.5) is 0 Å². The fourth-order valence-corrected chi connectivity index (χ4v) is 2.32. The summed E-state index contributed by atoms with van der Waals surface area (Å²) in [6, 6.07) is 12.2. The van der Waals surface area contributed by atoms with Gasteiger partial charge in [0.1, 0.15) is 5.75 Å². The normalized spacial score (nSPS) is 12.6. The number of nitrogens with two attached hydrogens (primary N) is 1. The topological polar surface area (TPSA) is 55.5 Å². The standard InChI is InChI=1S/C15H19NO2/c1-18-13-6-5-11-3-2-4-14(15(11)9-13)12(10-16)7-8-17/h2-6,9,12,17H,7-8,10,16H2,1H3. The smallest absolute Gasteiger partial charge is 0.119 e. The zero-order valence-corrected chi connectivity index (χ0v) is 10.6. The molecule has 1 atom stereocenters. The number of hydrogen-bond donors (Lipinski definition) is 2. The van der Waals surface area contributed by atoms with Gasteiger partial charge in [-0.2, -0.15) is 0 Å². The average molecular weight is 245 g/mol. The van der Waals surface area contributed by atoms with Crippen LogP contribution in [0.3, 0.4) is 0 Å². The van der Waals surface area contributed by atoms with Crippen LogP contribution in [-0.2, 0) is 0 Å². The maximum absolute atomic E-state index is 9.12. The maximum atomic E-state index is 9.12. The lowest BCUT2D eigenvalue weighted by atomic mass is 9.91. The highest BCUT2D eigenvalue weighted by Crippen LogP contribution is 2.29. The highest BCUT2D eigenvalue weighted by molar-refractivity contribution is 5.87. The Morgan fingerprint density at radius 1 is 1.28 bits per heavy atom. The average Bonchev–Trinajstić information content (AvgIpc) is 2.43. The lowest BCUT2D eigenvalue weighted by Crippen LogP contribution is -2.14. The molecular formula is C15H19NO2. The van der Waals surface area contributed by atoms with Gasteiger partial charge in [-0.25, -0.2) is 0 Å². The van der Waals surface area contributed by atoms with Crippen LogP contribution in [0.1, 0.15) is 17.9 Å². The molecule has 0 aliphatic rings. The molecule has 2 aromatic rings. The van der Waals surface area contributed by atoms with Crippen molar-refractivity contribution in [3.8, 4) is 5.75 Å². The molecule has 3 N–H and O–H groups in total. The Balaban J connectivity index is 2.54. The predicted octanol–water partition coefficient (Wildman–Crippen LogP) is 2.27. The summed E-state index contributed by atoms with van der Waals surface area (Å²) in [5.74, 6) is 1.03. The molecule has 0 saturated heterocycles. The second kappa shape index (κ2) is 5.85. The minimum Gasteiger partial charge on any atom is -0.497 e. The van der Waals surface area contributed by atoms with Crippen LogP contribution >= 0.6 is 0 Å². The molecule has 2 rings (SSSR count). The van der Waals surface area contributed by atoms with E-state index in [1.807, 2.05) is 24.3 Å². The van der Waals surface area contributed by atoms with Crippen molar-refractivity contribution in [3.63, 3.8) is 0 Å². The van der Waals surface area contributed by atoms with E-state index in [1.165, 1.54) is 10.9 Å². The molecule has 0 fully saturated rings. The summed E-state index contributed by atoms with van der Waals surface area (Å²) in [5, 5.41) is 11.4. The molecule has 0 amide bonds. The number of ether oxygens (including phenoxy) is 1. The fourth-order valence-electron chi connectivity index (χ4n) is 2.32. The zero-order chi connectivity index (χ0) is 13.0. The van der Waals surface area contributed by atoms with E-state index in [2.05, 4.69) is 12.1 Å². The van der Waals surface area contributed by atoms with Crippen molar-refractivity contribution >= 4 is 10.8 Å². The second-order valence-electron chi connectivity index (χ2n) is 4.38. The Bertz CT molecular complexity index is 525. The Morgan fingerprint density at radius 3 is 2.78 bits per heavy atom. The molecular weight excluding hydrogens is 226 g/mol. The Morgan fingerprint density at radius 2 is 2.11 bits per heavy atom. The summed E-state index contributed by atoms with van der Waals surface area (Å²) in [6.07, 6.45) is 0.687. The van der Waals surface area contributed by atoms with Gasteiger partial charge in [-0.3, -0.25) is 0 Å². The van der Waals surface area contributed by atoms with E-state index in [1.54, 1.807) is 7.11 Å². The van der Waals surface area contributed by atoms with Crippen molar-refractivity contribution < 1.29 is 9.84 Å². The largest absolute Gasteiger partial charge is 0.497 e. The minimum atomic E-state index is 0.155. The van der Waals surface area contributed by atoms with Crippen LogP contribution in [0.25, 0.3) is 10.8 Å². The molecule has 3 heteroatoms. The van der Waals surface area contributed by atoms with E-state index in [0.717, 1.165) is 11.1 Å². The van der Waals surface area contributed by atoms with Crippen LogP contribution in [0.15, 0.2) is 36.4 Å². The molecule has 0 heterocycles. The van der Waals surface area contributed by atoms with Crippen LogP contribution in [0.2, 0.25) is 0 Å². The van der Waals surface area contributed by atoms with Crippen molar-refractivity contribution in [2.24, 2.45) is 5.73 Å². The quantitative estimate of drug-likeness (QED) is 0.849. The van der Waals surface area contributed by atoms with Gasteiger partial charge in [0, 0.05) is 6.61 Å². The third-order valence-corrected chi connectivity index (χ3v) is 3.32. The first-order valence-electron chi connectivity index (χ1n) is 6.17. The van der Waals surface area contributed by atoms with Crippen molar-refractivity contribution in [2.75, 3.05) is 20.3 Å². The second-order valence-corrected chi connectivity index (χ2v) is 4.38. The lowest BCUT2D eigenvalue weighted by Gasteiger charge is -2.17. The summed E-state index contributed by atoms with van der Waals surface area (Å²) in [5.41, 5.74) is 6.99.